The van der Waals surface area contributed by atoms with Gasteiger partial charge in [-0.1, -0.05) is 37.3 Å². The fraction of sp³-hybridized carbons (Fsp3) is 0.591. The predicted octanol–water partition coefficient (Wildman–Crippen LogP) is 3.35. The molecular weight excluding hydrogens is 322 g/mol. The van der Waals surface area contributed by atoms with Gasteiger partial charge in [0, 0.05) is 37.8 Å². The summed E-state index contributed by atoms with van der Waals surface area (Å²) in [5, 5.41) is 0. The Morgan fingerprint density at radius 2 is 1.77 bits per heavy atom. The van der Waals surface area contributed by atoms with Crippen molar-refractivity contribution in [3.63, 3.8) is 0 Å². The van der Waals surface area contributed by atoms with Gasteiger partial charge in [-0.3, -0.25) is 9.69 Å². The molecule has 144 valence electrons. The molecule has 0 aromatic heterocycles. The highest BCUT2D eigenvalue weighted by Gasteiger charge is 2.30. The van der Waals surface area contributed by atoms with Crippen molar-refractivity contribution in [1.82, 2.24) is 14.7 Å². The van der Waals surface area contributed by atoms with Crippen LogP contribution < -0.4 is 0 Å². The lowest BCUT2D eigenvalue weighted by atomic mass is 10.0. The molecule has 1 aliphatic heterocycles. The van der Waals surface area contributed by atoms with E-state index >= 15 is 0 Å². The minimum atomic E-state index is 0.150. The lowest BCUT2D eigenvalue weighted by Crippen LogP contribution is -2.58. The van der Waals surface area contributed by atoms with Gasteiger partial charge in [-0.25, -0.2) is 0 Å². The summed E-state index contributed by atoms with van der Waals surface area (Å²) < 4.78 is 0. The zero-order chi connectivity index (χ0) is 19.1. The van der Waals surface area contributed by atoms with Gasteiger partial charge in [-0.05, 0) is 58.5 Å². The molecule has 0 N–H and O–H groups in total. The summed E-state index contributed by atoms with van der Waals surface area (Å²) >= 11 is 0. The van der Waals surface area contributed by atoms with Gasteiger partial charge < -0.3 is 9.80 Å². The molecule has 0 bridgehead atoms. The lowest BCUT2D eigenvalue weighted by molar-refractivity contribution is -0.130. The quantitative estimate of drug-likeness (QED) is 0.700. The van der Waals surface area contributed by atoms with Gasteiger partial charge in [0.25, 0.3) is 0 Å². The van der Waals surface area contributed by atoms with Gasteiger partial charge >= 0.3 is 0 Å². The number of carbonyl (C=O) groups is 1. The molecule has 1 aliphatic rings. The summed E-state index contributed by atoms with van der Waals surface area (Å²) in [5.74, 6) is 0.150. The Labute approximate surface area is 159 Å². The van der Waals surface area contributed by atoms with Crippen LogP contribution in [0.2, 0.25) is 0 Å². The van der Waals surface area contributed by atoms with Gasteiger partial charge in [0.2, 0.25) is 5.91 Å². The molecule has 1 fully saturated rings. The predicted molar refractivity (Wildman–Crippen MR) is 110 cm³/mol. The molecule has 1 amide bonds. The Morgan fingerprint density at radius 1 is 1.15 bits per heavy atom. The van der Waals surface area contributed by atoms with E-state index in [4.69, 9.17) is 0 Å². The van der Waals surface area contributed by atoms with Gasteiger partial charge in [0.1, 0.15) is 0 Å². The molecule has 4 heteroatoms. The highest BCUT2D eigenvalue weighted by molar-refractivity contribution is 5.95. The number of benzene rings is 1. The first-order chi connectivity index (χ1) is 12.4. The van der Waals surface area contributed by atoms with Gasteiger partial charge in [-0.15, -0.1) is 0 Å². The van der Waals surface area contributed by atoms with E-state index in [2.05, 4.69) is 56.8 Å². The van der Waals surface area contributed by atoms with Crippen LogP contribution in [0.3, 0.4) is 0 Å². The molecule has 0 aliphatic carbocycles. The normalized spacial score (nSPS) is 22.1. The second-order valence-corrected chi connectivity index (χ2v) is 7.73. The smallest absolute Gasteiger partial charge is 0.246 e. The lowest BCUT2D eigenvalue weighted by Gasteiger charge is -2.44. The van der Waals surface area contributed by atoms with Gasteiger partial charge in [0.05, 0.1) is 0 Å². The first kappa shape index (κ1) is 20.7. The van der Waals surface area contributed by atoms with Crippen molar-refractivity contribution in [2.45, 2.75) is 45.7 Å². The van der Waals surface area contributed by atoms with E-state index < -0.39 is 0 Å². The van der Waals surface area contributed by atoms with Crippen LogP contribution in [0.4, 0.5) is 0 Å². The van der Waals surface area contributed by atoms with E-state index in [1.807, 2.05) is 29.2 Å². The van der Waals surface area contributed by atoms with Crippen LogP contribution in [0.25, 0.3) is 5.57 Å². The molecule has 1 heterocycles. The first-order valence-corrected chi connectivity index (χ1v) is 9.87. The molecule has 26 heavy (non-hydrogen) atoms. The average molecular weight is 358 g/mol. The maximum atomic E-state index is 12.9. The average Bonchev–Trinajstić information content (AvgIpc) is 2.62. The van der Waals surface area contributed by atoms with Crippen molar-refractivity contribution in [1.29, 1.82) is 0 Å². The third-order valence-electron chi connectivity index (χ3n) is 5.26. The van der Waals surface area contributed by atoms with Crippen molar-refractivity contribution < 1.29 is 4.79 Å². The summed E-state index contributed by atoms with van der Waals surface area (Å²) in [6.07, 6.45) is 3.88. The molecular formula is C22H35N3O. The monoisotopic (exact) mass is 357 g/mol. The fourth-order valence-electron chi connectivity index (χ4n) is 3.83. The Hall–Kier alpha value is -1.65. The van der Waals surface area contributed by atoms with Gasteiger partial charge in [-0.2, -0.15) is 0 Å². The second kappa shape index (κ2) is 9.89. The fourth-order valence-corrected chi connectivity index (χ4v) is 3.83. The SMILES string of the molecule is CC/C(=C\C(=O)N1CC(C)N(CCCN(C)C)C(C)C1)c1ccccc1. The van der Waals surface area contributed by atoms with Crippen LogP contribution in [0, 0.1) is 0 Å². The van der Waals surface area contributed by atoms with Crippen molar-refractivity contribution >= 4 is 11.5 Å². The van der Waals surface area contributed by atoms with E-state index in [0.717, 1.165) is 43.7 Å². The van der Waals surface area contributed by atoms with E-state index in [1.54, 1.807) is 0 Å². The minimum Gasteiger partial charge on any atom is -0.336 e. The Balaban J connectivity index is 1.99. The van der Waals surface area contributed by atoms with E-state index in [1.165, 1.54) is 6.42 Å². The second-order valence-electron chi connectivity index (χ2n) is 7.73. The number of piperazine rings is 1. The zero-order valence-electron chi connectivity index (χ0n) is 17.1. The molecule has 4 nitrogen and oxygen atoms in total. The summed E-state index contributed by atoms with van der Waals surface area (Å²) in [6.45, 7) is 10.4. The zero-order valence-corrected chi connectivity index (χ0v) is 17.1. The van der Waals surface area contributed by atoms with E-state index in [0.29, 0.717) is 12.1 Å². The van der Waals surface area contributed by atoms with Crippen LogP contribution in [0.1, 0.15) is 39.2 Å². The largest absolute Gasteiger partial charge is 0.336 e. The number of allylic oxidation sites excluding steroid dienone is 1. The number of rotatable bonds is 7. The Kier molecular flexibility index (Phi) is 7.85. The van der Waals surface area contributed by atoms with Gasteiger partial charge in [0.15, 0.2) is 0 Å². The number of carbonyl (C=O) groups excluding carboxylic acids is 1. The van der Waals surface area contributed by atoms with E-state index in [-0.39, 0.29) is 5.91 Å². The van der Waals surface area contributed by atoms with Crippen molar-refractivity contribution in [2.75, 3.05) is 40.3 Å². The molecule has 2 atom stereocenters. The third-order valence-corrected chi connectivity index (χ3v) is 5.26. The summed E-state index contributed by atoms with van der Waals surface area (Å²) in [5.41, 5.74) is 2.26. The number of amides is 1. The highest BCUT2D eigenvalue weighted by atomic mass is 16.2. The van der Waals surface area contributed by atoms with Crippen LogP contribution in [0.15, 0.2) is 36.4 Å². The first-order valence-electron chi connectivity index (χ1n) is 9.87. The van der Waals surface area contributed by atoms with Crippen LogP contribution >= 0.6 is 0 Å². The standard InChI is InChI=1S/C22H35N3O/c1-6-20(21-11-8-7-9-12-21)15-22(26)24-16-18(2)25(19(3)17-24)14-10-13-23(4)5/h7-9,11-12,15,18-19H,6,10,13-14,16-17H2,1-5H3/b20-15+. The van der Waals surface area contributed by atoms with E-state index in [9.17, 15) is 4.79 Å². The third kappa shape index (κ3) is 5.68. The maximum absolute atomic E-state index is 12.9. The topological polar surface area (TPSA) is 26.8 Å². The molecule has 0 saturated carbocycles. The molecule has 0 radical (unpaired) electrons. The highest BCUT2D eigenvalue weighted by Crippen LogP contribution is 2.20. The number of nitrogens with zero attached hydrogens (tertiary/aromatic N) is 3. The Morgan fingerprint density at radius 3 is 2.31 bits per heavy atom. The van der Waals surface area contributed by atoms with Crippen molar-refractivity contribution in [3.8, 4) is 0 Å². The molecule has 0 spiro atoms. The maximum Gasteiger partial charge on any atom is 0.246 e. The summed E-state index contributed by atoms with van der Waals surface area (Å²) in [4.78, 5) is 19.7. The van der Waals surface area contributed by atoms with Crippen LogP contribution in [-0.4, -0.2) is 73.0 Å². The number of hydrogen-bond acceptors (Lipinski definition) is 3. The molecule has 1 aromatic rings. The Bertz CT molecular complexity index is 585. The summed E-state index contributed by atoms with van der Waals surface area (Å²) in [6, 6.07) is 11.0. The molecule has 2 rings (SSSR count). The summed E-state index contributed by atoms with van der Waals surface area (Å²) in [7, 11) is 4.24. The molecule has 1 aromatic carbocycles. The molecule has 1 saturated heterocycles. The van der Waals surface area contributed by atoms with Crippen molar-refractivity contribution in [2.24, 2.45) is 0 Å². The van der Waals surface area contributed by atoms with Crippen molar-refractivity contribution in [3.05, 3.63) is 42.0 Å². The van der Waals surface area contributed by atoms with Crippen LogP contribution in [-0.2, 0) is 4.79 Å². The van der Waals surface area contributed by atoms with Crippen LogP contribution in [0.5, 0.6) is 0 Å². The minimum absolute atomic E-state index is 0.150. The molecule has 2 unspecified atom stereocenters. The number of hydrogen-bond donors (Lipinski definition) is 0.